The highest BCUT2D eigenvalue weighted by atomic mass is 19.1. The van der Waals surface area contributed by atoms with Crippen LogP contribution in [0.5, 0.6) is 0 Å². The van der Waals surface area contributed by atoms with Crippen molar-refractivity contribution >= 4 is 11.6 Å². The second kappa shape index (κ2) is 6.60. The topological polar surface area (TPSA) is 85.8 Å². The number of benzene rings is 2. The number of carbonyl (C=O) groups is 1. The predicted octanol–water partition coefficient (Wildman–Crippen LogP) is 3.31. The van der Waals surface area contributed by atoms with E-state index in [1.165, 1.54) is 23.1 Å². The summed E-state index contributed by atoms with van der Waals surface area (Å²) in [5.74, 6) is -0.490. The van der Waals surface area contributed by atoms with Crippen molar-refractivity contribution in [3.8, 4) is 17.0 Å². The average Bonchev–Trinajstić information content (AvgIpc) is 3.35. The van der Waals surface area contributed by atoms with Crippen molar-refractivity contribution in [2.24, 2.45) is 0 Å². The minimum Gasteiger partial charge on any atom is -0.451 e. The number of amides is 1. The van der Waals surface area contributed by atoms with Crippen LogP contribution in [0, 0.1) is 5.82 Å². The summed E-state index contributed by atoms with van der Waals surface area (Å²) in [6.45, 7) is 0. The monoisotopic (exact) mass is 349 g/mol. The molecule has 2 aromatic heterocycles. The average molecular weight is 349 g/mol. The Morgan fingerprint density at radius 2 is 1.96 bits per heavy atom. The molecular weight excluding hydrogens is 337 g/mol. The van der Waals surface area contributed by atoms with Crippen LogP contribution in [0.1, 0.15) is 10.6 Å². The van der Waals surface area contributed by atoms with Gasteiger partial charge in [0.1, 0.15) is 17.9 Å². The quantitative estimate of drug-likeness (QED) is 0.611. The zero-order chi connectivity index (χ0) is 17.9. The number of hydrogen-bond acceptors (Lipinski definition) is 5. The molecule has 0 atom stereocenters. The Kier molecular flexibility index (Phi) is 3.98. The lowest BCUT2D eigenvalue weighted by Gasteiger charge is -2.05. The van der Waals surface area contributed by atoms with Crippen LogP contribution >= 0.6 is 0 Å². The standard InChI is InChI=1S/C18H12FN5O2/c19-15-7-2-1-6-14(15)16-8-9-17(26-16)18(25)21-12-4-3-5-13(10-12)24-11-20-22-23-24/h1-11H,(H,21,25). The van der Waals surface area contributed by atoms with Crippen molar-refractivity contribution in [3.63, 3.8) is 0 Å². The maximum atomic E-state index is 13.8. The van der Waals surface area contributed by atoms with Gasteiger partial charge in [-0.25, -0.2) is 9.07 Å². The molecule has 0 radical (unpaired) electrons. The number of aromatic nitrogens is 4. The highest BCUT2D eigenvalue weighted by Crippen LogP contribution is 2.25. The van der Waals surface area contributed by atoms with Crippen LogP contribution in [0.4, 0.5) is 10.1 Å². The zero-order valence-electron chi connectivity index (χ0n) is 13.3. The molecule has 26 heavy (non-hydrogen) atoms. The molecule has 0 saturated heterocycles. The van der Waals surface area contributed by atoms with Gasteiger partial charge in [-0.3, -0.25) is 4.79 Å². The van der Waals surface area contributed by atoms with Gasteiger partial charge in [-0.05, 0) is 52.9 Å². The first-order valence-corrected chi connectivity index (χ1v) is 7.70. The van der Waals surface area contributed by atoms with Crippen LogP contribution in [0.2, 0.25) is 0 Å². The molecule has 2 aromatic carbocycles. The summed E-state index contributed by atoms with van der Waals surface area (Å²) in [5.41, 5.74) is 1.54. The fraction of sp³-hybridized carbons (Fsp3) is 0. The largest absolute Gasteiger partial charge is 0.451 e. The first-order chi connectivity index (χ1) is 12.7. The van der Waals surface area contributed by atoms with Gasteiger partial charge in [0.05, 0.1) is 11.3 Å². The van der Waals surface area contributed by atoms with Crippen LogP contribution in [0.15, 0.2) is 71.4 Å². The third kappa shape index (κ3) is 3.07. The van der Waals surface area contributed by atoms with Crippen LogP contribution in [-0.2, 0) is 0 Å². The van der Waals surface area contributed by atoms with E-state index < -0.39 is 11.7 Å². The number of furan rings is 1. The Bertz CT molecular complexity index is 1060. The fourth-order valence-electron chi connectivity index (χ4n) is 2.46. The molecular formula is C18H12FN5O2. The normalized spacial score (nSPS) is 10.7. The summed E-state index contributed by atoms with van der Waals surface area (Å²) in [6.07, 6.45) is 1.45. The summed E-state index contributed by atoms with van der Waals surface area (Å²) in [5, 5.41) is 13.7. The van der Waals surface area contributed by atoms with Gasteiger partial charge in [-0.15, -0.1) is 5.10 Å². The van der Waals surface area contributed by atoms with Crippen molar-refractivity contribution in [1.82, 2.24) is 20.2 Å². The minimum absolute atomic E-state index is 0.0797. The maximum absolute atomic E-state index is 13.8. The summed E-state index contributed by atoms with van der Waals surface area (Å²) < 4.78 is 20.8. The van der Waals surface area contributed by atoms with Gasteiger partial charge in [-0.2, -0.15) is 0 Å². The molecule has 0 saturated carbocycles. The van der Waals surface area contributed by atoms with Gasteiger partial charge in [0, 0.05) is 5.69 Å². The zero-order valence-corrected chi connectivity index (χ0v) is 13.3. The molecule has 0 fully saturated rings. The first kappa shape index (κ1) is 15.7. The molecule has 0 spiro atoms. The first-order valence-electron chi connectivity index (χ1n) is 7.70. The molecule has 1 amide bonds. The van der Waals surface area contributed by atoms with Crippen molar-refractivity contribution in [2.45, 2.75) is 0 Å². The third-order valence-corrected chi connectivity index (χ3v) is 3.69. The molecule has 0 aliphatic rings. The number of hydrogen-bond donors (Lipinski definition) is 1. The second-order valence-electron chi connectivity index (χ2n) is 5.40. The number of rotatable bonds is 4. The van der Waals surface area contributed by atoms with Gasteiger partial charge in [-0.1, -0.05) is 18.2 Å². The highest BCUT2D eigenvalue weighted by molar-refractivity contribution is 6.02. The van der Waals surface area contributed by atoms with E-state index in [-0.39, 0.29) is 11.5 Å². The highest BCUT2D eigenvalue weighted by Gasteiger charge is 2.14. The Labute approximate surface area is 147 Å². The Morgan fingerprint density at radius 1 is 1.08 bits per heavy atom. The van der Waals surface area contributed by atoms with Crippen molar-refractivity contribution in [3.05, 3.63) is 78.6 Å². The molecule has 1 N–H and O–H groups in total. The number of nitrogens with one attached hydrogen (secondary N) is 1. The van der Waals surface area contributed by atoms with Gasteiger partial charge in [0.2, 0.25) is 0 Å². The van der Waals surface area contributed by atoms with Gasteiger partial charge < -0.3 is 9.73 Å². The van der Waals surface area contributed by atoms with E-state index in [4.69, 9.17) is 4.42 Å². The van der Waals surface area contributed by atoms with Crippen LogP contribution < -0.4 is 5.32 Å². The molecule has 8 heteroatoms. The lowest BCUT2D eigenvalue weighted by atomic mass is 10.1. The number of nitrogens with zero attached hydrogens (tertiary/aromatic N) is 4. The SMILES string of the molecule is O=C(Nc1cccc(-n2cnnn2)c1)c1ccc(-c2ccccc2F)o1. The molecule has 4 aromatic rings. The van der Waals surface area contributed by atoms with Gasteiger partial charge >= 0.3 is 0 Å². The van der Waals surface area contributed by atoms with E-state index in [1.807, 2.05) is 0 Å². The maximum Gasteiger partial charge on any atom is 0.291 e. The molecule has 2 heterocycles. The van der Waals surface area contributed by atoms with E-state index in [9.17, 15) is 9.18 Å². The second-order valence-corrected chi connectivity index (χ2v) is 5.40. The van der Waals surface area contributed by atoms with E-state index in [1.54, 1.807) is 48.5 Å². The molecule has 0 aliphatic heterocycles. The summed E-state index contributed by atoms with van der Waals surface area (Å²) >= 11 is 0. The lowest BCUT2D eigenvalue weighted by Crippen LogP contribution is -2.11. The number of halogens is 1. The molecule has 0 bridgehead atoms. The Morgan fingerprint density at radius 3 is 2.77 bits per heavy atom. The smallest absolute Gasteiger partial charge is 0.291 e. The third-order valence-electron chi connectivity index (χ3n) is 3.69. The number of carbonyl (C=O) groups excluding carboxylic acids is 1. The van der Waals surface area contributed by atoms with Crippen LogP contribution in [0.25, 0.3) is 17.0 Å². The molecule has 7 nitrogen and oxygen atoms in total. The van der Waals surface area contributed by atoms with Crippen LogP contribution in [-0.4, -0.2) is 26.1 Å². The predicted molar refractivity (Wildman–Crippen MR) is 91.2 cm³/mol. The number of tetrazole rings is 1. The van der Waals surface area contributed by atoms with E-state index in [0.717, 1.165) is 0 Å². The molecule has 4 rings (SSSR count). The van der Waals surface area contributed by atoms with Crippen LogP contribution in [0.3, 0.4) is 0 Å². The van der Waals surface area contributed by atoms with Gasteiger partial charge in [0.25, 0.3) is 5.91 Å². The molecule has 0 unspecified atom stereocenters. The van der Waals surface area contributed by atoms with E-state index in [0.29, 0.717) is 16.9 Å². The van der Waals surface area contributed by atoms with Crippen molar-refractivity contribution in [1.29, 1.82) is 0 Å². The lowest BCUT2D eigenvalue weighted by molar-refractivity contribution is 0.0997. The summed E-state index contributed by atoms with van der Waals surface area (Å²) in [4.78, 5) is 12.4. The molecule has 0 aliphatic carbocycles. The van der Waals surface area contributed by atoms with E-state index in [2.05, 4.69) is 20.8 Å². The van der Waals surface area contributed by atoms with E-state index >= 15 is 0 Å². The Balaban J connectivity index is 1.54. The number of anilines is 1. The summed E-state index contributed by atoms with van der Waals surface area (Å²) in [6, 6.07) is 16.3. The minimum atomic E-state index is -0.443. The Hall–Kier alpha value is -3.81. The van der Waals surface area contributed by atoms with Crippen molar-refractivity contribution in [2.75, 3.05) is 5.32 Å². The molecule has 128 valence electrons. The fourth-order valence-corrected chi connectivity index (χ4v) is 2.46. The van der Waals surface area contributed by atoms with Gasteiger partial charge in [0.15, 0.2) is 5.76 Å². The van der Waals surface area contributed by atoms with Crippen molar-refractivity contribution < 1.29 is 13.6 Å². The summed E-state index contributed by atoms with van der Waals surface area (Å²) in [7, 11) is 0.